The lowest BCUT2D eigenvalue weighted by molar-refractivity contribution is -0.0403. The Kier molecular flexibility index (Phi) is 12.3. The number of fused-ring (bicyclic) bond motifs is 12. The normalized spacial score (nSPS) is 42.9. The molecule has 0 radical (unpaired) electrons. The highest BCUT2D eigenvalue weighted by atomic mass is 14.5. The molecule has 4 saturated carbocycles. The van der Waals surface area contributed by atoms with Crippen LogP contribution in [0.1, 0.15) is 157 Å². The summed E-state index contributed by atoms with van der Waals surface area (Å²) in [5, 5.41) is 0. The second-order valence-electron chi connectivity index (χ2n) is 13.8. The van der Waals surface area contributed by atoms with Gasteiger partial charge in [0.15, 0.2) is 0 Å². The fourth-order valence-electron chi connectivity index (χ4n) is 9.55. The van der Waals surface area contributed by atoms with E-state index in [4.69, 9.17) is 0 Å². The first-order chi connectivity index (χ1) is 16.5. The average molecular weight is 473 g/mol. The van der Waals surface area contributed by atoms with Crippen LogP contribution in [0.5, 0.6) is 0 Å². The van der Waals surface area contributed by atoms with Crippen LogP contribution in [0, 0.1) is 59.2 Å². The molecule has 0 N–H and O–H groups in total. The van der Waals surface area contributed by atoms with E-state index in [0.29, 0.717) is 0 Å². The zero-order chi connectivity index (χ0) is 24.5. The van der Waals surface area contributed by atoms with Crippen molar-refractivity contribution in [3.63, 3.8) is 0 Å². The summed E-state index contributed by atoms with van der Waals surface area (Å²) in [6, 6.07) is 0. The second-order valence-corrected chi connectivity index (χ2v) is 13.8. The Balaban J connectivity index is 1.62. The van der Waals surface area contributed by atoms with Crippen molar-refractivity contribution < 1.29 is 0 Å². The zero-order valence-corrected chi connectivity index (χ0v) is 24.5. The molecular formula is C34H64. The molecule has 2 bridgehead atoms. The molecule has 0 saturated heterocycles. The van der Waals surface area contributed by atoms with Gasteiger partial charge in [-0.3, -0.25) is 0 Å². The van der Waals surface area contributed by atoms with Crippen molar-refractivity contribution in [1.82, 2.24) is 0 Å². The van der Waals surface area contributed by atoms with Gasteiger partial charge in [0, 0.05) is 0 Å². The zero-order valence-electron chi connectivity index (χ0n) is 24.5. The Labute approximate surface area is 216 Å². The summed E-state index contributed by atoms with van der Waals surface area (Å²) in [6.45, 7) is 15.1. The van der Waals surface area contributed by atoms with Crippen molar-refractivity contribution in [2.75, 3.05) is 0 Å². The minimum atomic E-state index is 0.952. The summed E-state index contributed by atoms with van der Waals surface area (Å²) in [4.78, 5) is 0. The van der Waals surface area contributed by atoms with Crippen LogP contribution in [0.15, 0.2) is 0 Å². The molecule has 10 atom stereocenters. The summed E-state index contributed by atoms with van der Waals surface area (Å²) in [6.07, 6.45) is 26.9. The third-order valence-electron chi connectivity index (χ3n) is 11.6. The van der Waals surface area contributed by atoms with Gasteiger partial charge in [0.25, 0.3) is 0 Å². The first kappa shape index (κ1) is 28.6. The highest BCUT2D eigenvalue weighted by Gasteiger charge is 2.47. The van der Waals surface area contributed by atoms with Gasteiger partial charge < -0.3 is 0 Å². The van der Waals surface area contributed by atoms with Gasteiger partial charge in [0.1, 0.15) is 0 Å². The standard InChI is InChI=1S/C34H64/c1-7-14-28-18-11-10-17-25(4)21-23-31-26(5)29(15-8-2)34(31)20-13-12-19-30-27(6)32(24-22-28)33(30)16-9-3/h25-34H,7-24H2,1-6H3. The third kappa shape index (κ3) is 7.28. The van der Waals surface area contributed by atoms with Crippen molar-refractivity contribution in [1.29, 1.82) is 0 Å². The Bertz CT molecular complexity index is 536. The molecule has 0 aromatic heterocycles. The van der Waals surface area contributed by atoms with E-state index >= 15 is 0 Å². The van der Waals surface area contributed by atoms with E-state index in [2.05, 4.69) is 41.5 Å². The summed E-state index contributed by atoms with van der Waals surface area (Å²) in [7, 11) is 0. The predicted octanol–water partition coefficient (Wildman–Crippen LogP) is 11.3. The molecule has 4 aliphatic rings. The molecular weight excluding hydrogens is 408 g/mol. The minimum Gasteiger partial charge on any atom is -0.0654 e. The van der Waals surface area contributed by atoms with Crippen LogP contribution in [-0.2, 0) is 0 Å². The third-order valence-corrected chi connectivity index (χ3v) is 11.6. The fraction of sp³-hybridized carbons (Fsp3) is 1.00. The van der Waals surface area contributed by atoms with Gasteiger partial charge in [-0.2, -0.15) is 0 Å². The molecule has 0 spiro atoms. The van der Waals surface area contributed by atoms with E-state index in [9.17, 15) is 0 Å². The Morgan fingerprint density at radius 2 is 1.00 bits per heavy atom. The Morgan fingerprint density at radius 1 is 0.441 bits per heavy atom. The summed E-state index contributed by atoms with van der Waals surface area (Å²) < 4.78 is 0. The molecule has 0 nitrogen and oxygen atoms in total. The molecule has 34 heavy (non-hydrogen) atoms. The van der Waals surface area contributed by atoms with Crippen LogP contribution in [0.25, 0.3) is 0 Å². The lowest BCUT2D eigenvalue weighted by atomic mass is 9.52. The maximum Gasteiger partial charge on any atom is -0.0352 e. The molecule has 0 heterocycles. The van der Waals surface area contributed by atoms with Crippen molar-refractivity contribution in [3.05, 3.63) is 0 Å². The molecule has 4 fully saturated rings. The number of rotatable bonds is 6. The van der Waals surface area contributed by atoms with Crippen molar-refractivity contribution in [2.24, 2.45) is 59.2 Å². The van der Waals surface area contributed by atoms with Gasteiger partial charge in [0.05, 0.1) is 0 Å². The Hall–Kier alpha value is 0. The van der Waals surface area contributed by atoms with Crippen LogP contribution < -0.4 is 0 Å². The van der Waals surface area contributed by atoms with Crippen LogP contribution in [-0.4, -0.2) is 0 Å². The molecule has 4 aliphatic carbocycles. The van der Waals surface area contributed by atoms with E-state index in [-0.39, 0.29) is 0 Å². The van der Waals surface area contributed by atoms with E-state index in [1.165, 1.54) is 96.3 Å². The summed E-state index contributed by atoms with van der Waals surface area (Å²) >= 11 is 0. The largest absolute Gasteiger partial charge is 0.0654 e. The summed E-state index contributed by atoms with van der Waals surface area (Å²) in [5.41, 5.74) is 0. The second kappa shape index (κ2) is 14.7. The topological polar surface area (TPSA) is 0 Å². The molecule has 0 heteroatoms. The van der Waals surface area contributed by atoms with E-state index in [1.807, 2.05) is 0 Å². The van der Waals surface area contributed by atoms with Gasteiger partial charge in [0.2, 0.25) is 0 Å². The first-order valence-electron chi connectivity index (χ1n) is 16.5. The van der Waals surface area contributed by atoms with E-state index < -0.39 is 0 Å². The summed E-state index contributed by atoms with van der Waals surface area (Å²) in [5.74, 6) is 10.3. The van der Waals surface area contributed by atoms with Gasteiger partial charge >= 0.3 is 0 Å². The lowest BCUT2D eigenvalue weighted by Gasteiger charge is -2.53. The lowest BCUT2D eigenvalue weighted by Crippen LogP contribution is -2.46. The monoisotopic (exact) mass is 473 g/mol. The van der Waals surface area contributed by atoms with Crippen LogP contribution in [0.2, 0.25) is 0 Å². The number of hydrogen-bond donors (Lipinski definition) is 0. The molecule has 4 rings (SSSR count). The molecule has 0 aromatic rings. The van der Waals surface area contributed by atoms with Crippen molar-refractivity contribution in [2.45, 2.75) is 157 Å². The fourth-order valence-corrected chi connectivity index (χ4v) is 9.55. The highest BCUT2D eigenvalue weighted by Crippen LogP contribution is 2.55. The highest BCUT2D eigenvalue weighted by molar-refractivity contribution is 4.96. The average Bonchev–Trinajstić information content (AvgIpc) is 2.83. The van der Waals surface area contributed by atoms with E-state index in [1.54, 1.807) is 19.3 Å². The predicted molar refractivity (Wildman–Crippen MR) is 152 cm³/mol. The molecule has 200 valence electrons. The Morgan fingerprint density at radius 3 is 1.71 bits per heavy atom. The van der Waals surface area contributed by atoms with Crippen molar-refractivity contribution >= 4 is 0 Å². The van der Waals surface area contributed by atoms with Crippen LogP contribution in [0.4, 0.5) is 0 Å². The van der Waals surface area contributed by atoms with Gasteiger partial charge in [-0.05, 0) is 84.9 Å². The van der Waals surface area contributed by atoms with Crippen LogP contribution in [0.3, 0.4) is 0 Å². The number of hydrogen-bond acceptors (Lipinski definition) is 0. The van der Waals surface area contributed by atoms with Crippen LogP contribution >= 0.6 is 0 Å². The minimum absolute atomic E-state index is 0.952. The SMILES string of the molecule is CCCC1CCCCC(C)CCC2C(C)C(CCC)C2CCCCC2C(C)C(CC1)C2CCC. The molecule has 0 aliphatic heterocycles. The maximum atomic E-state index is 2.64. The van der Waals surface area contributed by atoms with E-state index in [0.717, 1.165) is 59.2 Å². The molecule has 10 unspecified atom stereocenters. The maximum absolute atomic E-state index is 2.64. The van der Waals surface area contributed by atoms with Crippen molar-refractivity contribution in [3.8, 4) is 0 Å². The quantitative estimate of drug-likeness (QED) is 0.360. The van der Waals surface area contributed by atoms with Gasteiger partial charge in [-0.1, -0.05) is 131 Å². The molecule has 0 amide bonds. The van der Waals surface area contributed by atoms with Gasteiger partial charge in [-0.15, -0.1) is 0 Å². The van der Waals surface area contributed by atoms with Gasteiger partial charge in [-0.25, -0.2) is 0 Å². The first-order valence-corrected chi connectivity index (χ1v) is 16.5. The smallest absolute Gasteiger partial charge is 0.0352 e. The molecule has 0 aromatic carbocycles.